The van der Waals surface area contributed by atoms with E-state index in [4.69, 9.17) is 15.0 Å². The van der Waals surface area contributed by atoms with Gasteiger partial charge in [0.1, 0.15) is 6.10 Å². The third-order valence-electron chi connectivity index (χ3n) is 2.07. The molecule has 6 nitrogen and oxygen atoms in total. The number of nitrogens with two attached hydrogens (primary N) is 1. The fourth-order valence-electron chi connectivity index (χ4n) is 1.29. The predicted octanol–water partition coefficient (Wildman–Crippen LogP) is 0.172. The van der Waals surface area contributed by atoms with E-state index in [1.165, 1.54) is 0 Å². The minimum Gasteiger partial charge on any atom is -0.366 e. The summed E-state index contributed by atoms with van der Waals surface area (Å²) in [6, 6.07) is -0.205. The predicted molar refractivity (Wildman–Crippen MR) is 55.7 cm³/mol. The molecule has 2 unspecified atom stereocenters. The number of hydrogen-bond acceptors (Lipinski definition) is 6. The molecule has 1 aliphatic heterocycles. The molecule has 0 amide bonds. The highest BCUT2D eigenvalue weighted by Crippen LogP contribution is 2.17. The SMILES string of the molecule is CC(N)c1noc(C2CNCCO2)n1.Cl. The van der Waals surface area contributed by atoms with Crippen LogP contribution in [0.15, 0.2) is 4.52 Å². The highest BCUT2D eigenvalue weighted by Gasteiger charge is 2.22. The standard InChI is InChI=1S/C8H14N4O2.ClH/c1-5(9)7-11-8(14-12-7)6-4-10-2-3-13-6;/h5-6,10H,2-4,9H2,1H3;1H. The summed E-state index contributed by atoms with van der Waals surface area (Å²) in [5.41, 5.74) is 5.62. The minimum absolute atomic E-state index is 0. The second kappa shape index (κ2) is 5.41. The maximum Gasteiger partial charge on any atom is 0.257 e. The van der Waals surface area contributed by atoms with Crippen molar-refractivity contribution in [1.29, 1.82) is 0 Å². The molecular weight excluding hydrogens is 220 g/mol. The Bertz CT molecular complexity index is 299. The van der Waals surface area contributed by atoms with Gasteiger partial charge in [0.25, 0.3) is 5.89 Å². The van der Waals surface area contributed by atoms with Gasteiger partial charge in [0.2, 0.25) is 0 Å². The lowest BCUT2D eigenvalue weighted by atomic mass is 10.3. The number of ether oxygens (including phenoxy) is 1. The van der Waals surface area contributed by atoms with E-state index in [1.54, 1.807) is 0 Å². The van der Waals surface area contributed by atoms with E-state index in [2.05, 4.69) is 15.5 Å². The van der Waals surface area contributed by atoms with E-state index in [-0.39, 0.29) is 24.6 Å². The van der Waals surface area contributed by atoms with E-state index in [0.717, 1.165) is 6.54 Å². The van der Waals surface area contributed by atoms with Gasteiger partial charge in [-0.1, -0.05) is 5.16 Å². The van der Waals surface area contributed by atoms with Crippen LogP contribution in [-0.4, -0.2) is 29.8 Å². The molecule has 0 aliphatic carbocycles. The van der Waals surface area contributed by atoms with Crippen molar-refractivity contribution < 1.29 is 9.26 Å². The van der Waals surface area contributed by atoms with Crippen molar-refractivity contribution in [1.82, 2.24) is 15.5 Å². The molecule has 1 saturated heterocycles. The Hall–Kier alpha value is -0.690. The second-order valence-electron chi connectivity index (χ2n) is 3.34. The Morgan fingerprint density at radius 1 is 1.60 bits per heavy atom. The van der Waals surface area contributed by atoms with Crippen LogP contribution in [0, 0.1) is 0 Å². The molecule has 15 heavy (non-hydrogen) atoms. The molecule has 1 aromatic rings. The third kappa shape index (κ3) is 2.88. The molecular formula is C8H15ClN4O2. The van der Waals surface area contributed by atoms with Gasteiger partial charge in [0, 0.05) is 13.1 Å². The Labute approximate surface area is 94.0 Å². The van der Waals surface area contributed by atoms with Crippen molar-refractivity contribution in [3.05, 3.63) is 11.7 Å². The quantitative estimate of drug-likeness (QED) is 0.759. The van der Waals surface area contributed by atoms with Crippen LogP contribution in [0.3, 0.4) is 0 Å². The van der Waals surface area contributed by atoms with E-state index >= 15 is 0 Å². The van der Waals surface area contributed by atoms with Gasteiger partial charge < -0.3 is 20.3 Å². The molecule has 0 aromatic carbocycles. The van der Waals surface area contributed by atoms with Gasteiger partial charge in [-0.05, 0) is 6.92 Å². The molecule has 1 aromatic heterocycles. The summed E-state index contributed by atoms with van der Waals surface area (Å²) in [6.07, 6.45) is -0.135. The smallest absolute Gasteiger partial charge is 0.257 e. The average molecular weight is 235 g/mol. The molecule has 86 valence electrons. The number of nitrogens with zero attached hydrogens (tertiary/aromatic N) is 2. The highest BCUT2D eigenvalue weighted by atomic mass is 35.5. The molecule has 7 heteroatoms. The molecule has 1 aliphatic rings. The minimum atomic E-state index is -0.205. The van der Waals surface area contributed by atoms with Gasteiger partial charge >= 0.3 is 0 Å². The Kier molecular flexibility index (Phi) is 4.46. The summed E-state index contributed by atoms with van der Waals surface area (Å²) in [6.45, 7) is 4.06. The molecule has 0 radical (unpaired) electrons. The summed E-state index contributed by atoms with van der Waals surface area (Å²) in [5.74, 6) is 1.03. The van der Waals surface area contributed by atoms with Crippen LogP contribution in [-0.2, 0) is 4.74 Å². The molecule has 1 fully saturated rings. The maximum absolute atomic E-state index is 5.62. The van der Waals surface area contributed by atoms with E-state index in [1.807, 2.05) is 6.92 Å². The van der Waals surface area contributed by atoms with Crippen molar-refractivity contribution in [2.24, 2.45) is 5.73 Å². The largest absolute Gasteiger partial charge is 0.366 e. The first-order chi connectivity index (χ1) is 6.77. The van der Waals surface area contributed by atoms with Crippen LogP contribution < -0.4 is 11.1 Å². The molecule has 0 saturated carbocycles. The summed E-state index contributed by atoms with van der Waals surface area (Å²) >= 11 is 0. The number of rotatable bonds is 2. The van der Waals surface area contributed by atoms with Crippen molar-refractivity contribution in [3.63, 3.8) is 0 Å². The first-order valence-corrected chi connectivity index (χ1v) is 4.69. The third-order valence-corrected chi connectivity index (χ3v) is 2.07. The van der Waals surface area contributed by atoms with Crippen LogP contribution in [0.2, 0.25) is 0 Å². The summed E-state index contributed by atoms with van der Waals surface area (Å²) in [4.78, 5) is 4.17. The van der Waals surface area contributed by atoms with Crippen LogP contribution in [0.25, 0.3) is 0 Å². The first-order valence-electron chi connectivity index (χ1n) is 4.69. The van der Waals surface area contributed by atoms with E-state index < -0.39 is 0 Å². The average Bonchev–Trinajstić information content (AvgIpc) is 2.68. The van der Waals surface area contributed by atoms with Crippen LogP contribution >= 0.6 is 12.4 Å². The highest BCUT2D eigenvalue weighted by molar-refractivity contribution is 5.85. The first kappa shape index (κ1) is 12.4. The number of nitrogens with one attached hydrogen (secondary N) is 1. The van der Waals surface area contributed by atoms with Crippen molar-refractivity contribution in [2.45, 2.75) is 19.1 Å². The molecule has 0 spiro atoms. The fourth-order valence-corrected chi connectivity index (χ4v) is 1.29. The van der Waals surface area contributed by atoms with Gasteiger partial charge in [0.05, 0.1) is 12.6 Å². The zero-order valence-electron chi connectivity index (χ0n) is 8.47. The van der Waals surface area contributed by atoms with Crippen molar-refractivity contribution in [2.75, 3.05) is 19.7 Å². The molecule has 0 bridgehead atoms. The Morgan fingerprint density at radius 3 is 2.93 bits per heavy atom. The second-order valence-corrected chi connectivity index (χ2v) is 3.34. The number of halogens is 1. The van der Waals surface area contributed by atoms with E-state index in [0.29, 0.717) is 24.9 Å². The molecule has 3 N–H and O–H groups in total. The van der Waals surface area contributed by atoms with Gasteiger partial charge in [-0.3, -0.25) is 0 Å². The zero-order chi connectivity index (χ0) is 9.97. The Balaban J connectivity index is 0.00000112. The number of morpholine rings is 1. The van der Waals surface area contributed by atoms with Gasteiger partial charge in [-0.2, -0.15) is 4.98 Å². The topological polar surface area (TPSA) is 86.2 Å². The summed E-state index contributed by atoms with van der Waals surface area (Å²) < 4.78 is 10.5. The van der Waals surface area contributed by atoms with Crippen LogP contribution in [0.5, 0.6) is 0 Å². The van der Waals surface area contributed by atoms with Crippen molar-refractivity contribution in [3.8, 4) is 0 Å². The lowest BCUT2D eigenvalue weighted by Crippen LogP contribution is -2.33. The zero-order valence-corrected chi connectivity index (χ0v) is 9.29. The lowest BCUT2D eigenvalue weighted by Gasteiger charge is -2.19. The van der Waals surface area contributed by atoms with Crippen molar-refractivity contribution >= 4 is 12.4 Å². The molecule has 2 rings (SSSR count). The van der Waals surface area contributed by atoms with Gasteiger partial charge in [0.15, 0.2) is 5.82 Å². The molecule has 2 heterocycles. The lowest BCUT2D eigenvalue weighted by molar-refractivity contribution is 0.00755. The number of aromatic nitrogens is 2. The van der Waals surface area contributed by atoms with Gasteiger partial charge in [-0.15, -0.1) is 12.4 Å². The van der Waals surface area contributed by atoms with Crippen LogP contribution in [0.4, 0.5) is 0 Å². The summed E-state index contributed by atoms with van der Waals surface area (Å²) in [7, 11) is 0. The Morgan fingerprint density at radius 2 is 2.40 bits per heavy atom. The fraction of sp³-hybridized carbons (Fsp3) is 0.750. The van der Waals surface area contributed by atoms with Gasteiger partial charge in [-0.25, -0.2) is 0 Å². The maximum atomic E-state index is 5.62. The molecule has 2 atom stereocenters. The summed E-state index contributed by atoms with van der Waals surface area (Å²) in [5, 5.41) is 6.96. The van der Waals surface area contributed by atoms with E-state index in [9.17, 15) is 0 Å². The monoisotopic (exact) mass is 234 g/mol. The van der Waals surface area contributed by atoms with Crippen LogP contribution in [0.1, 0.15) is 30.8 Å². The number of hydrogen-bond donors (Lipinski definition) is 2. The normalized spacial score (nSPS) is 23.2.